The van der Waals surface area contributed by atoms with Gasteiger partial charge in [-0.25, -0.2) is 0 Å². The molecule has 2 aromatic carbocycles. The van der Waals surface area contributed by atoms with Gasteiger partial charge in [0.05, 0.1) is 6.10 Å². The van der Waals surface area contributed by atoms with E-state index in [1.54, 1.807) is 6.07 Å². The Kier molecular flexibility index (Phi) is 7.68. The van der Waals surface area contributed by atoms with Crippen LogP contribution in [0.15, 0.2) is 54.6 Å². The summed E-state index contributed by atoms with van der Waals surface area (Å²) in [7, 11) is 0. The average molecular weight is 312 g/mol. The second-order valence-corrected chi connectivity index (χ2v) is 6.16. The van der Waals surface area contributed by atoms with E-state index < -0.39 is 0 Å². The normalized spacial score (nSPS) is 12.2. The first kappa shape index (κ1) is 17.6. The van der Waals surface area contributed by atoms with Gasteiger partial charge in [0.15, 0.2) is 0 Å². The van der Waals surface area contributed by atoms with E-state index in [0.29, 0.717) is 5.75 Å². The Hall–Kier alpha value is -1.80. The van der Waals surface area contributed by atoms with E-state index in [-0.39, 0.29) is 6.10 Å². The van der Waals surface area contributed by atoms with E-state index in [2.05, 4.69) is 37.3 Å². The lowest BCUT2D eigenvalue weighted by atomic mass is 10.1. The average Bonchev–Trinajstić information content (AvgIpc) is 2.57. The molecule has 0 aliphatic rings. The summed E-state index contributed by atoms with van der Waals surface area (Å²) in [6.45, 7) is 2.88. The van der Waals surface area contributed by atoms with Crippen molar-refractivity contribution < 1.29 is 9.84 Å². The molecule has 0 aliphatic carbocycles. The number of ether oxygens (including phenoxy) is 1. The second-order valence-electron chi connectivity index (χ2n) is 6.16. The Labute approximate surface area is 140 Å². The molecule has 1 N–H and O–H groups in total. The fourth-order valence-corrected chi connectivity index (χ4v) is 2.77. The number of unbranched alkanes of at least 4 members (excludes halogenated alkanes) is 3. The van der Waals surface area contributed by atoms with Crippen LogP contribution in [0.25, 0.3) is 0 Å². The molecule has 124 valence electrons. The molecular weight excluding hydrogens is 284 g/mol. The molecule has 0 aromatic heterocycles. The Bertz CT molecular complexity index is 551. The summed E-state index contributed by atoms with van der Waals surface area (Å²) in [5, 5.41) is 9.77. The van der Waals surface area contributed by atoms with E-state index >= 15 is 0 Å². The van der Waals surface area contributed by atoms with Crippen molar-refractivity contribution in [3.05, 3.63) is 65.7 Å². The van der Waals surface area contributed by atoms with Crippen LogP contribution < -0.4 is 0 Å². The van der Waals surface area contributed by atoms with Crippen LogP contribution in [0.1, 0.15) is 43.7 Å². The van der Waals surface area contributed by atoms with Crippen molar-refractivity contribution in [2.75, 3.05) is 6.61 Å². The van der Waals surface area contributed by atoms with Crippen molar-refractivity contribution in [2.45, 2.75) is 51.6 Å². The first-order chi connectivity index (χ1) is 11.3. The van der Waals surface area contributed by atoms with Crippen molar-refractivity contribution in [3.63, 3.8) is 0 Å². The van der Waals surface area contributed by atoms with Gasteiger partial charge < -0.3 is 9.84 Å². The number of phenols is 1. The molecule has 0 fully saturated rings. The molecule has 1 atom stereocenters. The van der Waals surface area contributed by atoms with E-state index in [9.17, 15) is 5.11 Å². The van der Waals surface area contributed by atoms with Crippen molar-refractivity contribution in [1.82, 2.24) is 0 Å². The molecule has 0 bridgehead atoms. The molecule has 0 amide bonds. The first-order valence-corrected chi connectivity index (χ1v) is 8.68. The SMILES string of the molecule is CC(Cc1ccccc1O)OCCCCCCc1ccccc1. The zero-order valence-electron chi connectivity index (χ0n) is 14.1. The minimum absolute atomic E-state index is 0.146. The zero-order valence-corrected chi connectivity index (χ0v) is 14.1. The molecule has 0 heterocycles. The minimum atomic E-state index is 0.146. The number of hydrogen-bond acceptors (Lipinski definition) is 2. The number of phenolic OH excluding ortho intramolecular Hbond substituents is 1. The smallest absolute Gasteiger partial charge is 0.118 e. The van der Waals surface area contributed by atoms with Gasteiger partial charge in [-0.1, -0.05) is 61.4 Å². The van der Waals surface area contributed by atoms with Gasteiger partial charge in [0.2, 0.25) is 0 Å². The number of aryl methyl sites for hydroxylation is 1. The van der Waals surface area contributed by atoms with Gasteiger partial charge in [-0.15, -0.1) is 0 Å². The quantitative estimate of drug-likeness (QED) is 0.615. The summed E-state index contributed by atoms with van der Waals surface area (Å²) in [6, 6.07) is 18.2. The van der Waals surface area contributed by atoms with Gasteiger partial charge in [-0.3, -0.25) is 0 Å². The maximum absolute atomic E-state index is 9.77. The molecule has 0 saturated carbocycles. The highest BCUT2D eigenvalue weighted by atomic mass is 16.5. The van der Waals surface area contributed by atoms with Crippen molar-refractivity contribution in [2.24, 2.45) is 0 Å². The number of hydrogen-bond donors (Lipinski definition) is 1. The summed E-state index contributed by atoms with van der Waals surface area (Å²) in [6.07, 6.45) is 6.92. The van der Waals surface area contributed by atoms with Crippen LogP contribution in [0, 0.1) is 0 Å². The van der Waals surface area contributed by atoms with Crippen molar-refractivity contribution in [1.29, 1.82) is 0 Å². The maximum Gasteiger partial charge on any atom is 0.118 e. The summed E-state index contributed by atoms with van der Waals surface area (Å²) >= 11 is 0. The van der Waals surface area contributed by atoms with Crippen LogP contribution in [-0.4, -0.2) is 17.8 Å². The molecule has 0 spiro atoms. The molecule has 2 nitrogen and oxygen atoms in total. The molecule has 23 heavy (non-hydrogen) atoms. The number of rotatable bonds is 10. The third-order valence-electron chi connectivity index (χ3n) is 4.10. The van der Waals surface area contributed by atoms with Gasteiger partial charge in [0.1, 0.15) is 5.75 Å². The maximum atomic E-state index is 9.77. The molecule has 2 heteroatoms. The second kappa shape index (κ2) is 10.1. The van der Waals surface area contributed by atoms with Crippen LogP contribution in [0.2, 0.25) is 0 Å². The molecule has 2 rings (SSSR count). The highest BCUT2D eigenvalue weighted by molar-refractivity contribution is 5.32. The fourth-order valence-electron chi connectivity index (χ4n) is 2.77. The summed E-state index contributed by atoms with van der Waals surface area (Å²) in [5.41, 5.74) is 2.39. The third kappa shape index (κ3) is 6.87. The van der Waals surface area contributed by atoms with Gasteiger partial charge in [-0.2, -0.15) is 0 Å². The lowest BCUT2D eigenvalue weighted by Gasteiger charge is -2.14. The lowest BCUT2D eigenvalue weighted by molar-refractivity contribution is 0.0631. The highest BCUT2D eigenvalue weighted by Gasteiger charge is 2.07. The van der Waals surface area contributed by atoms with Crippen molar-refractivity contribution >= 4 is 0 Å². The first-order valence-electron chi connectivity index (χ1n) is 8.68. The Morgan fingerprint density at radius 3 is 2.35 bits per heavy atom. The van der Waals surface area contributed by atoms with E-state index in [0.717, 1.165) is 25.0 Å². The monoisotopic (exact) mass is 312 g/mol. The summed E-state index contributed by atoms with van der Waals surface area (Å²) in [4.78, 5) is 0. The van der Waals surface area contributed by atoms with Crippen LogP contribution in [0.4, 0.5) is 0 Å². The van der Waals surface area contributed by atoms with Crippen LogP contribution in [0.5, 0.6) is 5.75 Å². The molecule has 0 radical (unpaired) electrons. The molecular formula is C21H28O2. The predicted octanol–water partition coefficient (Wildman–Crippen LogP) is 5.14. The number of aromatic hydroxyl groups is 1. The van der Waals surface area contributed by atoms with Gasteiger partial charge >= 0.3 is 0 Å². The van der Waals surface area contributed by atoms with Gasteiger partial charge in [0.25, 0.3) is 0 Å². The standard InChI is InChI=1S/C21H28O2/c1-18(17-20-14-8-9-15-21(20)22)23-16-10-3-2-5-11-19-12-6-4-7-13-19/h4,6-9,12-15,18,22H,2-3,5,10-11,16-17H2,1H3. The topological polar surface area (TPSA) is 29.5 Å². The summed E-state index contributed by atoms with van der Waals surface area (Å²) < 4.78 is 5.85. The van der Waals surface area contributed by atoms with E-state index in [4.69, 9.17) is 4.74 Å². The van der Waals surface area contributed by atoms with E-state index in [1.807, 2.05) is 18.2 Å². The molecule has 2 aromatic rings. The van der Waals surface area contributed by atoms with Gasteiger partial charge in [0, 0.05) is 13.0 Å². The molecule has 1 unspecified atom stereocenters. The van der Waals surface area contributed by atoms with Crippen LogP contribution in [0.3, 0.4) is 0 Å². The van der Waals surface area contributed by atoms with Crippen molar-refractivity contribution in [3.8, 4) is 5.75 Å². The Balaban J connectivity index is 1.51. The highest BCUT2D eigenvalue weighted by Crippen LogP contribution is 2.18. The number of para-hydroxylation sites is 1. The summed E-state index contributed by atoms with van der Waals surface area (Å²) in [5.74, 6) is 0.365. The van der Waals surface area contributed by atoms with Gasteiger partial charge in [-0.05, 0) is 43.4 Å². The zero-order chi connectivity index (χ0) is 16.3. The lowest BCUT2D eigenvalue weighted by Crippen LogP contribution is -2.12. The minimum Gasteiger partial charge on any atom is -0.508 e. The Morgan fingerprint density at radius 1 is 0.870 bits per heavy atom. The van der Waals surface area contributed by atoms with E-state index in [1.165, 1.54) is 31.2 Å². The predicted molar refractivity (Wildman–Crippen MR) is 95.8 cm³/mol. The third-order valence-corrected chi connectivity index (χ3v) is 4.10. The fraction of sp³-hybridized carbons (Fsp3) is 0.429. The Morgan fingerprint density at radius 2 is 1.57 bits per heavy atom. The van der Waals surface area contributed by atoms with Crippen LogP contribution in [-0.2, 0) is 17.6 Å². The largest absolute Gasteiger partial charge is 0.508 e. The molecule has 0 aliphatic heterocycles. The molecule has 0 saturated heterocycles. The van der Waals surface area contributed by atoms with Crippen LogP contribution >= 0.6 is 0 Å². The number of benzene rings is 2.